The van der Waals surface area contributed by atoms with Gasteiger partial charge in [-0.15, -0.1) is 48.1 Å². The van der Waals surface area contributed by atoms with E-state index in [0.717, 1.165) is 50.4 Å². The average molecular weight is 967 g/mol. The minimum atomic E-state index is -0.0392. The van der Waals surface area contributed by atoms with Crippen molar-refractivity contribution in [2.24, 2.45) is 0 Å². The summed E-state index contributed by atoms with van der Waals surface area (Å²) in [6.07, 6.45) is 1.91. The summed E-state index contributed by atoms with van der Waals surface area (Å²) in [7, 11) is 0. The second-order valence-corrected chi connectivity index (χ2v) is 18.8. The fourth-order valence-corrected chi connectivity index (χ4v) is 7.96. The number of anilines is 4. The molecule has 0 spiro atoms. The average Bonchev–Trinajstić information content (AvgIpc) is 3.76. The molecule has 9 rings (SSSR count). The molecule has 0 fully saturated rings. The Hall–Kier alpha value is -5.64. The largest absolute Gasteiger partial charge is 0.509 e. The normalized spacial score (nSPS) is 13.2. The molecule has 0 saturated heterocycles. The minimum Gasteiger partial charge on any atom is -0.509 e. The molecule has 1 aliphatic heterocycles. The van der Waals surface area contributed by atoms with Gasteiger partial charge in [0.15, 0.2) is 0 Å². The monoisotopic (exact) mass is 966 g/mol. The van der Waals surface area contributed by atoms with Crippen LogP contribution in [0.3, 0.4) is 0 Å². The van der Waals surface area contributed by atoms with E-state index >= 15 is 0 Å². The number of hydrogen-bond acceptors (Lipinski definition) is 4. The Morgan fingerprint density at radius 3 is 1.90 bits per heavy atom. The molecule has 0 aliphatic carbocycles. The summed E-state index contributed by atoms with van der Waals surface area (Å²) in [6, 6.07) is 54.7. The standard InChI is InChI=1S/C54H51N4O.Pt/c1-52(2,3)38-23-20-36(21-24-38)37-22-27-47-46(30-37)45-26-25-44(34-50(45)58(47)51-32-40(28-29-55-51)54(7,8)9)59-43-17-13-16-42(33-43)57-35-56(48-18-10-11-19-49(48)57)41-15-12-14-39(31-41)53(4,5)6;/h10-32,35H,1-9H3;/q-3;. The molecule has 8 aromatic rings. The quantitative estimate of drug-likeness (QED) is 0.156. The zero-order chi connectivity index (χ0) is 41.3. The molecule has 5 nitrogen and oxygen atoms in total. The van der Waals surface area contributed by atoms with Crippen molar-refractivity contribution in [3.05, 3.63) is 175 Å². The van der Waals surface area contributed by atoms with E-state index in [0.29, 0.717) is 11.5 Å². The van der Waals surface area contributed by atoms with Gasteiger partial charge in [-0.25, -0.2) is 4.98 Å². The van der Waals surface area contributed by atoms with Crippen molar-refractivity contribution in [3.63, 3.8) is 0 Å². The number of nitrogens with zero attached hydrogens (tertiary/aromatic N) is 4. The van der Waals surface area contributed by atoms with Gasteiger partial charge in [-0.3, -0.25) is 0 Å². The van der Waals surface area contributed by atoms with Gasteiger partial charge >= 0.3 is 0 Å². The van der Waals surface area contributed by atoms with E-state index in [1.807, 2.05) is 24.4 Å². The van der Waals surface area contributed by atoms with Crippen LogP contribution in [0.5, 0.6) is 11.5 Å². The minimum absolute atomic E-state index is 0. The molecule has 6 heteroatoms. The van der Waals surface area contributed by atoms with Crippen LogP contribution in [0.2, 0.25) is 0 Å². The van der Waals surface area contributed by atoms with Crippen LogP contribution in [0.15, 0.2) is 140 Å². The molecule has 306 valence electrons. The molecular formula is C54H51N4OPt-3. The molecule has 0 atom stereocenters. The van der Waals surface area contributed by atoms with E-state index in [4.69, 9.17) is 9.72 Å². The topological polar surface area (TPSA) is 33.5 Å². The van der Waals surface area contributed by atoms with Gasteiger partial charge in [0.25, 0.3) is 0 Å². The van der Waals surface area contributed by atoms with Gasteiger partial charge < -0.3 is 19.1 Å². The summed E-state index contributed by atoms with van der Waals surface area (Å²) in [5, 5.41) is 2.22. The Morgan fingerprint density at radius 2 is 1.18 bits per heavy atom. The Bertz CT molecular complexity index is 2850. The Kier molecular flexibility index (Phi) is 10.6. The molecule has 1 aliphatic rings. The Morgan fingerprint density at radius 1 is 0.533 bits per heavy atom. The van der Waals surface area contributed by atoms with Crippen LogP contribution in [0, 0.1) is 18.8 Å². The number of fused-ring (bicyclic) bond motifs is 4. The number of para-hydroxylation sites is 2. The third-order valence-corrected chi connectivity index (χ3v) is 11.4. The first kappa shape index (κ1) is 41.1. The van der Waals surface area contributed by atoms with Crippen molar-refractivity contribution in [1.82, 2.24) is 9.55 Å². The maximum Gasteiger partial charge on any atom is 0.135 e. The molecule has 6 aromatic carbocycles. The van der Waals surface area contributed by atoms with E-state index < -0.39 is 0 Å². The fraction of sp³-hybridized carbons (Fsp3) is 0.222. The molecule has 0 radical (unpaired) electrons. The van der Waals surface area contributed by atoms with Gasteiger partial charge in [-0.05, 0) is 91.9 Å². The van der Waals surface area contributed by atoms with E-state index in [-0.39, 0.29) is 37.3 Å². The van der Waals surface area contributed by atoms with Crippen LogP contribution in [-0.2, 0) is 37.3 Å². The maximum atomic E-state index is 6.64. The van der Waals surface area contributed by atoms with E-state index in [9.17, 15) is 0 Å². The number of rotatable bonds is 6. The van der Waals surface area contributed by atoms with Crippen LogP contribution in [0.4, 0.5) is 22.7 Å². The molecule has 0 N–H and O–H groups in total. The first-order valence-electron chi connectivity index (χ1n) is 20.5. The summed E-state index contributed by atoms with van der Waals surface area (Å²) in [5.74, 6) is 2.06. The zero-order valence-corrected chi connectivity index (χ0v) is 38.1. The summed E-state index contributed by atoms with van der Waals surface area (Å²) in [6.45, 7) is 22.4. The molecule has 0 unspecified atom stereocenters. The van der Waals surface area contributed by atoms with Gasteiger partial charge in [0.05, 0.1) is 0 Å². The van der Waals surface area contributed by atoms with Crippen molar-refractivity contribution in [2.45, 2.75) is 78.6 Å². The van der Waals surface area contributed by atoms with Crippen LogP contribution in [-0.4, -0.2) is 9.55 Å². The Balaban J connectivity index is 0.00000499. The van der Waals surface area contributed by atoms with E-state index in [1.165, 1.54) is 27.8 Å². The summed E-state index contributed by atoms with van der Waals surface area (Å²) < 4.78 is 8.86. The molecular weight excluding hydrogens is 916 g/mol. The third kappa shape index (κ3) is 7.77. The predicted octanol–water partition coefficient (Wildman–Crippen LogP) is 14.5. The summed E-state index contributed by atoms with van der Waals surface area (Å²) in [5.41, 5.74) is 12.4. The molecule has 2 aromatic heterocycles. The van der Waals surface area contributed by atoms with Gasteiger partial charge in [-0.1, -0.05) is 128 Å². The summed E-state index contributed by atoms with van der Waals surface area (Å²) in [4.78, 5) is 9.36. The van der Waals surface area contributed by atoms with Gasteiger partial charge in [0, 0.05) is 61.3 Å². The smallest absolute Gasteiger partial charge is 0.135 e. The summed E-state index contributed by atoms with van der Waals surface area (Å²) >= 11 is 0. The van der Waals surface area contributed by atoms with Gasteiger partial charge in [0.1, 0.15) is 5.82 Å². The van der Waals surface area contributed by atoms with Crippen molar-refractivity contribution in [1.29, 1.82) is 0 Å². The third-order valence-electron chi connectivity index (χ3n) is 11.4. The van der Waals surface area contributed by atoms with Crippen LogP contribution < -0.4 is 14.5 Å². The number of hydrogen-bond donors (Lipinski definition) is 0. The second-order valence-electron chi connectivity index (χ2n) is 18.8. The van der Waals surface area contributed by atoms with E-state index in [1.54, 1.807) is 0 Å². The Labute approximate surface area is 369 Å². The number of ether oxygens (including phenoxy) is 1. The zero-order valence-electron chi connectivity index (χ0n) is 35.9. The van der Waals surface area contributed by atoms with E-state index in [2.05, 4.69) is 211 Å². The number of aromatic nitrogens is 2. The fourth-order valence-electron chi connectivity index (χ4n) is 7.96. The first-order chi connectivity index (χ1) is 28.1. The van der Waals surface area contributed by atoms with Gasteiger partial charge in [-0.2, -0.15) is 12.1 Å². The van der Waals surface area contributed by atoms with Crippen molar-refractivity contribution in [3.8, 4) is 28.4 Å². The molecule has 0 saturated carbocycles. The van der Waals surface area contributed by atoms with Crippen LogP contribution in [0.1, 0.15) is 79.0 Å². The maximum absolute atomic E-state index is 6.64. The van der Waals surface area contributed by atoms with Crippen LogP contribution in [0.25, 0.3) is 38.8 Å². The van der Waals surface area contributed by atoms with Crippen molar-refractivity contribution >= 4 is 44.6 Å². The molecule has 60 heavy (non-hydrogen) atoms. The van der Waals surface area contributed by atoms with Gasteiger partial charge in [0.2, 0.25) is 0 Å². The number of benzene rings is 6. The molecule has 0 amide bonds. The van der Waals surface area contributed by atoms with Crippen LogP contribution >= 0.6 is 0 Å². The molecule has 0 bridgehead atoms. The predicted molar refractivity (Wildman–Crippen MR) is 246 cm³/mol. The second kappa shape index (κ2) is 15.4. The van der Waals surface area contributed by atoms with Crippen molar-refractivity contribution in [2.75, 3.05) is 9.80 Å². The molecule has 3 heterocycles. The SMILES string of the molecule is CC(C)(C)c1ccc(-c2ccc3c(c2)c2ccc(Oc4[c-]c(N5[CH-]N(c6cccc(C(C)(C)C)c6)c6ccccc65)ccc4)[c-]c2n3-c2cc(C(C)(C)C)ccn2)cc1.[Pt]. The number of pyridine rings is 1. The van der Waals surface area contributed by atoms with Crippen molar-refractivity contribution < 1.29 is 25.8 Å². The first-order valence-corrected chi connectivity index (χ1v) is 20.5.